The first-order valence-corrected chi connectivity index (χ1v) is 8.82. The van der Waals surface area contributed by atoms with Crippen molar-refractivity contribution in [2.24, 2.45) is 0 Å². The Morgan fingerprint density at radius 3 is 2.85 bits per heavy atom. The van der Waals surface area contributed by atoms with E-state index in [1.165, 1.54) is 0 Å². The third-order valence-corrected chi connectivity index (χ3v) is 4.57. The summed E-state index contributed by atoms with van der Waals surface area (Å²) >= 11 is 0. The van der Waals surface area contributed by atoms with Crippen LogP contribution in [0.1, 0.15) is 17.5 Å². The van der Waals surface area contributed by atoms with E-state index in [0.29, 0.717) is 13.2 Å². The molecule has 3 aromatic rings. The second kappa shape index (κ2) is 7.67. The van der Waals surface area contributed by atoms with Crippen molar-refractivity contribution in [1.29, 1.82) is 0 Å². The molecule has 7 nitrogen and oxygen atoms in total. The number of benzene rings is 2. The Bertz CT molecular complexity index is 912. The first-order chi connectivity index (χ1) is 13.3. The Kier molecular flexibility index (Phi) is 4.93. The molecule has 0 N–H and O–H groups in total. The minimum Gasteiger partial charge on any atom is -0.497 e. The van der Waals surface area contributed by atoms with Gasteiger partial charge in [-0.2, -0.15) is 0 Å². The lowest BCUT2D eigenvalue weighted by Gasteiger charge is -2.25. The second-order valence-electron chi connectivity index (χ2n) is 6.28. The van der Waals surface area contributed by atoms with Gasteiger partial charge in [0.05, 0.1) is 39.3 Å². The highest BCUT2D eigenvalue weighted by Gasteiger charge is 2.31. The summed E-state index contributed by atoms with van der Waals surface area (Å²) in [6.45, 7) is 2.02. The van der Waals surface area contributed by atoms with Gasteiger partial charge in [0.2, 0.25) is 0 Å². The average Bonchev–Trinajstić information content (AvgIpc) is 3.37. The van der Waals surface area contributed by atoms with Crippen molar-refractivity contribution in [3.63, 3.8) is 0 Å². The molecule has 1 aromatic heterocycles. The van der Waals surface area contributed by atoms with E-state index >= 15 is 0 Å². The van der Waals surface area contributed by atoms with E-state index in [-0.39, 0.29) is 6.23 Å². The Morgan fingerprint density at radius 2 is 2.00 bits per heavy atom. The fourth-order valence-corrected chi connectivity index (χ4v) is 3.29. The van der Waals surface area contributed by atoms with Crippen LogP contribution in [0.5, 0.6) is 11.5 Å². The van der Waals surface area contributed by atoms with Gasteiger partial charge in [-0.15, -0.1) is 5.10 Å². The molecular formula is C20H22N4O3. The normalized spacial score (nSPS) is 16.5. The van der Waals surface area contributed by atoms with Gasteiger partial charge in [-0.1, -0.05) is 29.5 Å². The Morgan fingerprint density at radius 1 is 1.11 bits per heavy atom. The average molecular weight is 366 g/mol. The summed E-state index contributed by atoms with van der Waals surface area (Å²) in [4.78, 5) is 2.15. The lowest BCUT2D eigenvalue weighted by atomic mass is 10.2. The van der Waals surface area contributed by atoms with Crippen LogP contribution in [-0.2, 0) is 11.3 Å². The van der Waals surface area contributed by atoms with Crippen LogP contribution in [0.25, 0.3) is 0 Å². The maximum Gasteiger partial charge on any atom is 0.177 e. The molecule has 2 heterocycles. The summed E-state index contributed by atoms with van der Waals surface area (Å²) in [6.07, 6.45) is 1.65. The molecule has 0 aliphatic carbocycles. The zero-order valence-corrected chi connectivity index (χ0v) is 15.4. The highest BCUT2D eigenvalue weighted by molar-refractivity contribution is 5.59. The summed E-state index contributed by atoms with van der Waals surface area (Å²) in [5.74, 6) is 1.64. The van der Waals surface area contributed by atoms with Crippen molar-refractivity contribution >= 4 is 5.69 Å². The molecule has 2 aromatic carbocycles. The maximum atomic E-state index is 5.94. The second-order valence-corrected chi connectivity index (χ2v) is 6.28. The zero-order chi connectivity index (χ0) is 18.6. The maximum absolute atomic E-state index is 5.94. The van der Waals surface area contributed by atoms with Crippen molar-refractivity contribution in [2.75, 3.05) is 32.3 Å². The minimum atomic E-state index is -0.277. The number of methoxy groups -OCH3 is 2. The van der Waals surface area contributed by atoms with Gasteiger partial charge >= 0.3 is 0 Å². The van der Waals surface area contributed by atoms with Crippen molar-refractivity contribution in [1.82, 2.24) is 15.0 Å². The smallest absolute Gasteiger partial charge is 0.177 e. The quantitative estimate of drug-likeness (QED) is 0.669. The van der Waals surface area contributed by atoms with E-state index in [2.05, 4.69) is 15.2 Å². The van der Waals surface area contributed by atoms with Gasteiger partial charge in [0.1, 0.15) is 17.2 Å². The van der Waals surface area contributed by atoms with Crippen molar-refractivity contribution in [3.8, 4) is 11.5 Å². The topological polar surface area (TPSA) is 61.6 Å². The predicted octanol–water partition coefficient (Wildman–Crippen LogP) is 2.88. The molecule has 27 heavy (non-hydrogen) atoms. The molecule has 1 fully saturated rings. The molecule has 140 valence electrons. The number of hydrogen-bond donors (Lipinski definition) is 0. The summed E-state index contributed by atoms with van der Waals surface area (Å²) < 4.78 is 18.5. The fourth-order valence-electron chi connectivity index (χ4n) is 3.29. The zero-order valence-electron chi connectivity index (χ0n) is 15.4. The van der Waals surface area contributed by atoms with Gasteiger partial charge in [-0.3, -0.25) is 0 Å². The molecule has 1 saturated heterocycles. The molecular weight excluding hydrogens is 344 g/mol. The number of rotatable bonds is 6. The van der Waals surface area contributed by atoms with Crippen molar-refractivity contribution < 1.29 is 14.2 Å². The van der Waals surface area contributed by atoms with Crippen molar-refractivity contribution in [3.05, 3.63) is 66.0 Å². The number of nitrogens with zero attached hydrogens (tertiary/aromatic N) is 4. The summed E-state index contributed by atoms with van der Waals surface area (Å²) in [7, 11) is 3.34. The van der Waals surface area contributed by atoms with E-state index in [1.807, 2.05) is 59.4 Å². The third kappa shape index (κ3) is 3.59. The van der Waals surface area contributed by atoms with Gasteiger partial charge < -0.3 is 19.1 Å². The van der Waals surface area contributed by atoms with Gasteiger partial charge in [-0.25, -0.2) is 4.68 Å². The van der Waals surface area contributed by atoms with E-state index in [4.69, 9.17) is 14.2 Å². The summed E-state index contributed by atoms with van der Waals surface area (Å²) in [5, 5.41) is 8.61. The molecule has 0 radical (unpaired) electrons. The van der Waals surface area contributed by atoms with Crippen LogP contribution in [0.3, 0.4) is 0 Å². The molecule has 0 saturated carbocycles. The Balaban J connectivity index is 1.55. The van der Waals surface area contributed by atoms with E-state index in [0.717, 1.165) is 35.0 Å². The van der Waals surface area contributed by atoms with Gasteiger partial charge in [-0.05, 0) is 29.8 Å². The molecule has 7 heteroatoms. The lowest BCUT2D eigenvalue weighted by Crippen LogP contribution is -2.24. The minimum absolute atomic E-state index is 0.277. The first-order valence-electron chi connectivity index (χ1n) is 8.82. The number of para-hydroxylation sites is 2. The largest absolute Gasteiger partial charge is 0.497 e. The lowest BCUT2D eigenvalue weighted by molar-refractivity contribution is 0.110. The number of aromatic nitrogens is 3. The van der Waals surface area contributed by atoms with Crippen LogP contribution in [-0.4, -0.2) is 42.4 Å². The van der Waals surface area contributed by atoms with Crippen LogP contribution < -0.4 is 14.4 Å². The number of ether oxygens (including phenoxy) is 3. The SMILES string of the molecule is COc1cccc(Cn2cc(C3OCCN3c3ccccc3OC)nn2)c1. The van der Waals surface area contributed by atoms with E-state index in [1.54, 1.807) is 14.2 Å². The highest BCUT2D eigenvalue weighted by Crippen LogP contribution is 2.36. The van der Waals surface area contributed by atoms with Crippen LogP contribution in [0, 0.1) is 0 Å². The number of hydrogen-bond acceptors (Lipinski definition) is 6. The predicted molar refractivity (Wildman–Crippen MR) is 101 cm³/mol. The molecule has 0 spiro atoms. The van der Waals surface area contributed by atoms with Crippen LogP contribution in [0.15, 0.2) is 54.7 Å². The summed E-state index contributed by atoms with van der Waals surface area (Å²) in [6, 6.07) is 15.9. The van der Waals surface area contributed by atoms with Crippen LogP contribution >= 0.6 is 0 Å². The van der Waals surface area contributed by atoms with Crippen molar-refractivity contribution in [2.45, 2.75) is 12.8 Å². The Hall–Kier alpha value is -3.06. The highest BCUT2D eigenvalue weighted by atomic mass is 16.5. The van der Waals surface area contributed by atoms with Gasteiger partial charge in [0.15, 0.2) is 6.23 Å². The molecule has 1 aliphatic heterocycles. The molecule has 0 amide bonds. The molecule has 1 atom stereocenters. The third-order valence-electron chi connectivity index (χ3n) is 4.57. The van der Waals surface area contributed by atoms with Crippen LogP contribution in [0.2, 0.25) is 0 Å². The molecule has 4 rings (SSSR count). The van der Waals surface area contributed by atoms with E-state index in [9.17, 15) is 0 Å². The standard InChI is InChI=1S/C20H22N4O3/c1-25-16-7-5-6-15(12-16)13-23-14-17(21-22-23)20-24(10-11-27-20)18-8-3-4-9-19(18)26-2/h3-9,12,14,20H,10-11,13H2,1-2H3. The molecule has 1 aliphatic rings. The fraction of sp³-hybridized carbons (Fsp3) is 0.300. The first kappa shape index (κ1) is 17.4. The monoisotopic (exact) mass is 366 g/mol. The Labute approximate surface area is 158 Å². The van der Waals surface area contributed by atoms with Gasteiger partial charge in [0, 0.05) is 6.54 Å². The van der Waals surface area contributed by atoms with E-state index < -0.39 is 0 Å². The molecule has 0 bridgehead atoms. The van der Waals surface area contributed by atoms with Crippen LogP contribution in [0.4, 0.5) is 5.69 Å². The molecule has 1 unspecified atom stereocenters. The number of anilines is 1. The van der Waals surface area contributed by atoms with Gasteiger partial charge in [0.25, 0.3) is 0 Å². The summed E-state index contributed by atoms with van der Waals surface area (Å²) in [5.41, 5.74) is 2.87.